The van der Waals surface area contributed by atoms with E-state index in [0.29, 0.717) is 6.04 Å². The fourth-order valence-corrected chi connectivity index (χ4v) is 2.40. The van der Waals surface area contributed by atoms with Crippen LogP contribution in [0, 0.1) is 0 Å². The summed E-state index contributed by atoms with van der Waals surface area (Å²) in [6, 6.07) is 6.58. The summed E-state index contributed by atoms with van der Waals surface area (Å²) >= 11 is 0. The van der Waals surface area contributed by atoms with Crippen LogP contribution in [0.1, 0.15) is 5.69 Å². The summed E-state index contributed by atoms with van der Waals surface area (Å²) in [7, 11) is 4.32. The van der Waals surface area contributed by atoms with Crippen molar-refractivity contribution in [2.24, 2.45) is 5.73 Å². The Kier molecular flexibility index (Phi) is 4.10. The van der Waals surface area contributed by atoms with Gasteiger partial charge in [0.05, 0.1) is 0 Å². The van der Waals surface area contributed by atoms with E-state index in [-0.39, 0.29) is 6.04 Å². The van der Waals surface area contributed by atoms with Gasteiger partial charge in [-0.2, -0.15) is 0 Å². The Morgan fingerprint density at radius 2 is 2.24 bits per heavy atom. The van der Waals surface area contributed by atoms with E-state index >= 15 is 0 Å². The third-order valence-electron chi connectivity index (χ3n) is 3.56. The molecule has 0 saturated carbocycles. The summed E-state index contributed by atoms with van der Waals surface area (Å²) in [5.74, 6) is 0. The second-order valence-electron chi connectivity index (χ2n) is 5.00. The van der Waals surface area contributed by atoms with E-state index < -0.39 is 0 Å². The second-order valence-corrected chi connectivity index (χ2v) is 5.00. The number of nitrogens with zero attached hydrogens (tertiary/aromatic N) is 3. The van der Waals surface area contributed by atoms with E-state index in [9.17, 15) is 0 Å². The molecule has 1 saturated heterocycles. The van der Waals surface area contributed by atoms with Crippen molar-refractivity contribution in [1.82, 2.24) is 14.8 Å². The predicted octanol–water partition coefficient (Wildman–Crippen LogP) is 0.197. The SMILES string of the molecule is CN1CCN(C)C(C(N)Cc2ccccn2)C1. The lowest BCUT2D eigenvalue weighted by Gasteiger charge is -2.40. The molecule has 0 aromatic carbocycles. The zero-order valence-corrected chi connectivity index (χ0v) is 10.7. The highest BCUT2D eigenvalue weighted by atomic mass is 15.3. The third kappa shape index (κ3) is 3.25. The van der Waals surface area contributed by atoms with Crippen molar-refractivity contribution >= 4 is 0 Å². The minimum atomic E-state index is 0.151. The van der Waals surface area contributed by atoms with Crippen LogP contribution in [0.5, 0.6) is 0 Å². The maximum Gasteiger partial charge on any atom is 0.0419 e. The van der Waals surface area contributed by atoms with Gasteiger partial charge in [0.15, 0.2) is 0 Å². The van der Waals surface area contributed by atoms with Gasteiger partial charge in [0, 0.05) is 50.0 Å². The van der Waals surface area contributed by atoms with Gasteiger partial charge in [-0.15, -0.1) is 0 Å². The zero-order chi connectivity index (χ0) is 12.3. The third-order valence-corrected chi connectivity index (χ3v) is 3.56. The molecule has 0 amide bonds. The van der Waals surface area contributed by atoms with Crippen molar-refractivity contribution < 1.29 is 0 Å². The molecule has 0 bridgehead atoms. The highest BCUT2D eigenvalue weighted by Crippen LogP contribution is 2.11. The summed E-state index contributed by atoms with van der Waals surface area (Å²) < 4.78 is 0. The van der Waals surface area contributed by atoms with Crippen molar-refractivity contribution in [1.29, 1.82) is 0 Å². The Bertz CT molecular complexity index is 341. The average molecular weight is 234 g/mol. The van der Waals surface area contributed by atoms with E-state index in [1.165, 1.54) is 0 Å². The Balaban J connectivity index is 1.97. The molecule has 1 aliphatic rings. The first-order chi connectivity index (χ1) is 8.16. The molecule has 1 aromatic rings. The van der Waals surface area contributed by atoms with Crippen molar-refractivity contribution in [3.05, 3.63) is 30.1 Å². The van der Waals surface area contributed by atoms with Gasteiger partial charge < -0.3 is 10.6 Å². The van der Waals surface area contributed by atoms with Crippen LogP contribution in [-0.4, -0.2) is 60.6 Å². The first-order valence-electron chi connectivity index (χ1n) is 6.21. The van der Waals surface area contributed by atoms with Gasteiger partial charge in [-0.05, 0) is 26.2 Å². The van der Waals surface area contributed by atoms with Crippen molar-refractivity contribution in [3.63, 3.8) is 0 Å². The zero-order valence-electron chi connectivity index (χ0n) is 10.7. The molecule has 94 valence electrons. The minimum Gasteiger partial charge on any atom is -0.326 e. The van der Waals surface area contributed by atoms with Gasteiger partial charge in [-0.3, -0.25) is 9.88 Å². The number of rotatable bonds is 3. The highest BCUT2D eigenvalue weighted by molar-refractivity contribution is 5.06. The first-order valence-corrected chi connectivity index (χ1v) is 6.21. The smallest absolute Gasteiger partial charge is 0.0419 e. The van der Waals surface area contributed by atoms with Crippen molar-refractivity contribution in [2.45, 2.75) is 18.5 Å². The van der Waals surface area contributed by atoms with E-state index in [2.05, 4.69) is 28.9 Å². The molecule has 1 aliphatic heterocycles. The van der Waals surface area contributed by atoms with Gasteiger partial charge in [-0.25, -0.2) is 0 Å². The lowest BCUT2D eigenvalue weighted by Crippen LogP contribution is -2.58. The van der Waals surface area contributed by atoms with E-state index in [0.717, 1.165) is 31.7 Å². The molecule has 4 heteroatoms. The van der Waals surface area contributed by atoms with Crippen LogP contribution < -0.4 is 5.73 Å². The molecule has 2 unspecified atom stereocenters. The molecule has 1 aromatic heterocycles. The lowest BCUT2D eigenvalue weighted by atomic mass is 10.00. The number of pyridine rings is 1. The maximum atomic E-state index is 6.32. The quantitative estimate of drug-likeness (QED) is 0.811. The first kappa shape index (κ1) is 12.5. The van der Waals surface area contributed by atoms with Crippen LogP contribution in [-0.2, 0) is 6.42 Å². The molecule has 1 fully saturated rings. The molecular formula is C13H22N4. The van der Waals surface area contributed by atoms with Gasteiger partial charge >= 0.3 is 0 Å². The lowest BCUT2D eigenvalue weighted by molar-refractivity contribution is 0.0971. The van der Waals surface area contributed by atoms with Gasteiger partial charge in [0.2, 0.25) is 0 Å². The number of nitrogens with two attached hydrogens (primary N) is 1. The monoisotopic (exact) mass is 234 g/mol. The van der Waals surface area contributed by atoms with Crippen LogP contribution in [0.4, 0.5) is 0 Å². The highest BCUT2D eigenvalue weighted by Gasteiger charge is 2.27. The number of piperazine rings is 1. The summed E-state index contributed by atoms with van der Waals surface area (Å²) in [5, 5.41) is 0. The number of hydrogen-bond acceptors (Lipinski definition) is 4. The van der Waals surface area contributed by atoms with Gasteiger partial charge in [0.25, 0.3) is 0 Å². The van der Waals surface area contributed by atoms with Crippen LogP contribution in [0.3, 0.4) is 0 Å². The Labute approximate surface area is 103 Å². The van der Waals surface area contributed by atoms with E-state index in [1.807, 2.05) is 24.4 Å². The van der Waals surface area contributed by atoms with E-state index in [4.69, 9.17) is 5.73 Å². The summed E-state index contributed by atoms with van der Waals surface area (Å²) in [6.45, 7) is 3.27. The van der Waals surface area contributed by atoms with Gasteiger partial charge in [0.1, 0.15) is 0 Å². The van der Waals surface area contributed by atoms with Crippen LogP contribution in [0.25, 0.3) is 0 Å². The van der Waals surface area contributed by atoms with Crippen molar-refractivity contribution in [2.75, 3.05) is 33.7 Å². The maximum absolute atomic E-state index is 6.32. The average Bonchev–Trinajstić information content (AvgIpc) is 2.33. The number of likely N-dealkylation sites (N-methyl/N-ethyl adjacent to an activating group) is 2. The van der Waals surface area contributed by atoms with Crippen LogP contribution >= 0.6 is 0 Å². The summed E-state index contributed by atoms with van der Waals surface area (Å²) in [4.78, 5) is 9.06. The van der Waals surface area contributed by atoms with Crippen molar-refractivity contribution in [3.8, 4) is 0 Å². The normalized spacial score (nSPS) is 24.8. The summed E-state index contributed by atoms with van der Waals surface area (Å²) in [5.41, 5.74) is 7.41. The minimum absolute atomic E-state index is 0.151. The van der Waals surface area contributed by atoms with Crippen LogP contribution in [0.2, 0.25) is 0 Å². The van der Waals surface area contributed by atoms with Gasteiger partial charge in [-0.1, -0.05) is 6.07 Å². The Morgan fingerprint density at radius 3 is 2.94 bits per heavy atom. The molecular weight excluding hydrogens is 212 g/mol. The molecule has 4 nitrogen and oxygen atoms in total. The topological polar surface area (TPSA) is 45.4 Å². The molecule has 2 N–H and O–H groups in total. The summed E-state index contributed by atoms with van der Waals surface area (Å²) in [6.07, 6.45) is 2.68. The molecule has 0 spiro atoms. The standard InChI is InChI=1S/C13H22N4/c1-16-7-8-17(2)13(10-16)12(14)9-11-5-3-4-6-15-11/h3-6,12-13H,7-10,14H2,1-2H3. The number of aromatic nitrogens is 1. The fraction of sp³-hybridized carbons (Fsp3) is 0.615. The number of hydrogen-bond donors (Lipinski definition) is 1. The van der Waals surface area contributed by atoms with E-state index in [1.54, 1.807) is 0 Å². The predicted molar refractivity (Wildman–Crippen MR) is 69.8 cm³/mol. The second kappa shape index (κ2) is 5.58. The molecule has 0 aliphatic carbocycles. The fourth-order valence-electron chi connectivity index (χ4n) is 2.40. The molecule has 2 heterocycles. The molecule has 2 atom stereocenters. The molecule has 0 radical (unpaired) electrons. The largest absolute Gasteiger partial charge is 0.326 e. The molecule has 2 rings (SSSR count). The Hall–Kier alpha value is -0.970. The Morgan fingerprint density at radius 1 is 1.41 bits per heavy atom. The molecule has 17 heavy (non-hydrogen) atoms. The van der Waals surface area contributed by atoms with Crippen LogP contribution in [0.15, 0.2) is 24.4 Å².